The molecule has 92 valence electrons. The largest absolute Gasteiger partial charge is 0.505 e. The molecule has 2 N–H and O–H groups in total. The summed E-state index contributed by atoms with van der Waals surface area (Å²) < 4.78 is 13.7. The van der Waals surface area contributed by atoms with Crippen molar-refractivity contribution in [2.75, 3.05) is 5.32 Å². The van der Waals surface area contributed by atoms with Gasteiger partial charge in [0.2, 0.25) is 0 Å². The van der Waals surface area contributed by atoms with Gasteiger partial charge in [-0.05, 0) is 40.2 Å². The lowest BCUT2D eigenvalue weighted by molar-refractivity contribution is 0.102. The van der Waals surface area contributed by atoms with E-state index in [4.69, 9.17) is 5.11 Å². The van der Waals surface area contributed by atoms with Gasteiger partial charge in [-0.2, -0.15) is 0 Å². The number of carbonyl (C=O) groups excluding carboxylic acids is 1. The van der Waals surface area contributed by atoms with Crippen molar-refractivity contribution in [2.24, 2.45) is 0 Å². The molecule has 0 saturated heterocycles. The standard InChI is InChI=1S/C12H8BrFN2O2/c13-11-4-1-7(6-15-11)12(18)16-8-2-3-10(17)9(14)5-8/h1-6,17H,(H,16,18). The molecule has 0 radical (unpaired) electrons. The molecule has 0 fully saturated rings. The van der Waals surface area contributed by atoms with E-state index in [1.54, 1.807) is 12.1 Å². The summed E-state index contributed by atoms with van der Waals surface area (Å²) >= 11 is 3.16. The maximum absolute atomic E-state index is 13.1. The molecule has 2 aromatic rings. The fourth-order valence-electron chi connectivity index (χ4n) is 1.30. The van der Waals surface area contributed by atoms with Gasteiger partial charge in [-0.3, -0.25) is 4.79 Å². The third-order valence-electron chi connectivity index (χ3n) is 2.20. The predicted octanol–water partition coefficient (Wildman–Crippen LogP) is 2.94. The van der Waals surface area contributed by atoms with Crippen LogP contribution in [0, 0.1) is 5.82 Å². The molecule has 6 heteroatoms. The first-order valence-corrected chi connectivity index (χ1v) is 5.77. The van der Waals surface area contributed by atoms with E-state index in [0.29, 0.717) is 10.2 Å². The van der Waals surface area contributed by atoms with Crippen molar-refractivity contribution < 1.29 is 14.3 Å². The van der Waals surface area contributed by atoms with Crippen molar-refractivity contribution in [3.63, 3.8) is 0 Å². The molecule has 0 spiro atoms. The average molecular weight is 311 g/mol. The molecule has 18 heavy (non-hydrogen) atoms. The van der Waals surface area contributed by atoms with Gasteiger partial charge in [0.1, 0.15) is 4.60 Å². The van der Waals surface area contributed by atoms with E-state index in [-0.39, 0.29) is 5.69 Å². The van der Waals surface area contributed by atoms with E-state index < -0.39 is 17.5 Å². The van der Waals surface area contributed by atoms with Gasteiger partial charge in [-0.25, -0.2) is 9.37 Å². The number of anilines is 1. The van der Waals surface area contributed by atoms with Crippen molar-refractivity contribution in [1.82, 2.24) is 4.98 Å². The van der Waals surface area contributed by atoms with Crippen LogP contribution in [0.25, 0.3) is 0 Å². The van der Waals surface area contributed by atoms with E-state index in [2.05, 4.69) is 26.2 Å². The Morgan fingerprint density at radius 3 is 2.72 bits per heavy atom. The van der Waals surface area contributed by atoms with Crippen LogP contribution in [0.2, 0.25) is 0 Å². The lowest BCUT2D eigenvalue weighted by Gasteiger charge is -2.05. The number of phenols is 1. The van der Waals surface area contributed by atoms with Crippen LogP contribution in [-0.4, -0.2) is 16.0 Å². The number of hydrogen-bond acceptors (Lipinski definition) is 3. The highest BCUT2D eigenvalue weighted by Crippen LogP contribution is 2.19. The molecule has 4 nitrogen and oxygen atoms in total. The number of amides is 1. The molecule has 1 aromatic carbocycles. The topological polar surface area (TPSA) is 62.2 Å². The number of carbonyl (C=O) groups is 1. The third-order valence-corrected chi connectivity index (χ3v) is 2.66. The molecule has 1 amide bonds. The highest BCUT2D eigenvalue weighted by Gasteiger charge is 2.08. The summed E-state index contributed by atoms with van der Waals surface area (Å²) in [5.74, 6) is -1.65. The summed E-state index contributed by atoms with van der Waals surface area (Å²) in [6.07, 6.45) is 1.40. The van der Waals surface area contributed by atoms with Gasteiger partial charge in [0.25, 0.3) is 5.91 Å². The van der Waals surface area contributed by atoms with Gasteiger partial charge in [0.05, 0.1) is 5.56 Å². The van der Waals surface area contributed by atoms with Crippen molar-refractivity contribution in [3.05, 3.63) is 52.5 Å². The van der Waals surface area contributed by atoms with Crippen LogP contribution in [-0.2, 0) is 0 Å². The molecule has 1 heterocycles. The Kier molecular flexibility index (Phi) is 3.57. The first kappa shape index (κ1) is 12.5. The Bertz CT molecular complexity index is 587. The van der Waals surface area contributed by atoms with Crippen molar-refractivity contribution in [3.8, 4) is 5.75 Å². The predicted molar refractivity (Wildman–Crippen MR) is 68.0 cm³/mol. The van der Waals surface area contributed by atoms with Crippen molar-refractivity contribution >= 4 is 27.5 Å². The monoisotopic (exact) mass is 310 g/mol. The van der Waals surface area contributed by atoms with Gasteiger partial charge in [0.15, 0.2) is 11.6 Å². The lowest BCUT2D eigenvalue weighted by Crippen LogP contribution is -2.12. The number of hydrogen-bond donors (Lipinski definition) is 2. The van der Waals surface area contributed by atoms with Crippen LogP contribution in [0.3, 0.4) is 0 Å². The number of aromatic hydroxyl groups is 1. The molecule has 0 aliphatic carbocycles. The Labute approximate surface area is 111 Å². The van der Waals surface area contributed by atoms with Gasteiger partial charge in [0, 0.05) is 18.0 Å². The second-order valence-electron chi connectivity index (χ2n) is 3.49. The molecular weight excluding hydrogens is 303 g/mol. The minimum atomic E-state index is -0.790. The first-order valence-electron chi connectivity index (χ1n) is 4.97. The molecule has 0 atom stereocenters. The molecule has 2 rings (SSSR count). The minimum absolute atomic E-state index is 0.262. The van der Waals surface area contributed by atoms with Crippen LogP contribution in [0.5, 0.6) is 5.75 Å². The average Bonchev–Trinajstić information content (AvgIpc) is 2.34. The maximum atomic E-state index is 13.1. The molecule has 0 aliphatic rings. The Morgan fingerprint density at radius 2 is 2.11 bits per heavy atom. The Hall–Kier alpha value is -1.95. The number of nitrogens with zero attached hydrogens (tertiary/aromatic N) is 1. The second-order valence-corrected chi connectivity index (χ2v) is 4.30. The summed E-state index contributed by atoms with van der Waals surface area (Å²) in [4.78, 5) is 15.7. The Morgan fingerprint density at radius 1 is 1.33 bits per heavy atom. The highest BCUT2D eigenvalue weighted by molar-refractivity contribution is 9.10. The zero-order valence-corrected chi connectivity index (χ0v) is 10.6. The summed E-state index contributed by atoms with van der Waals surface area (Å²) in [5, 5.41) is 11.5. The number of phenolic OH excluding ortho intramolecular Hbond substituents is 1. The smallest absolute Gasteiger partial charge is 0.257 e. The van der Waals surface area contributed by atoms with Crippen LogP contribution in [0.1, 0.15) is 10.4 Å². The van der Waals surface area contributed by atoms with E-state index in [1.165, 1.54) is 18.3 Å². The minimum Gasteiger partial charge on any atom is -0.505 e. The van der Waals surface area contributed by atoms with Crippen LogP contribution < -0.4 is 5.32 Å². The molecule has 0 bridgehead atoms. The van der Waals surface area contributed by atoms with E-state index in [9.17, 15) is 9.18 Å². The summed E-state index contributed by atoms with van der Waals surface area (Å²) in [5.41, 5.74) is 0.616. The highest BCUT2D eigenvalue weighted by atomic mass is 79.9. The van der Waals surface area contributed by atoms with Crippen LogP contribution in [0.15, 0.2) is 41.1 Å². The van der Waals surface area contributed by atoms with E-state index in [0.717, 1.165) is 6.07 Å². The van der Waals surface area contributed by atoms with Crippen LogP contribution in [0.4, 0.5) is 10.1 Å². The third kappa shape index (κ3) is 2.84. The lowest BCUT2D eigenvalue weighted by atomic mass is 10.2. The fraction of sp³-hybridized carbons (Fsp3) is 0. The summed E-state index contributed by atoms with van der Waals surface area (Å²) in [6.45, 7) is 0. The van der Waals surface area contributed by atoms with Crippen LogP contribution >= 0.6 is 15.9 Å². The number of pyridine rings is 1. The van der Waals surface area contributed by atoms with E-state index >= 15 is 0 Å². The van der Waals surface area contributed by atoms with Gasteiger partial charge < -0.3 is 10.4 Å². The number of halogens is 2. The number of nitrogens with one attached hydrogen (secondary N) is 1. The van der Waals surface area contributed by atoms with E-state index in [1.807, 2.05) is 0 Å². The number of rotatable bonds is 2. The molecule has 0 aliphatic heterocycles. The summed E-state index contributed by atoms with van der Waals surface area (Å²) in [6, 6.07) is 6.84. The molecule has 0 unspecified atom stereocenters. The number of aromatic nitrogens is 1. The first-order chi connectivity index (χ1) is 8.56. The maximum Gasteiger partial charge on any atom is 0.257 e. The Balaban J connectivity index is 2.16. The zero-order valence-electron chi connectivity index (χ0n) is 9.02. The molecule has 1 aromatic heterocycles. The normalized spacial score (nSPS) is 10.1. The van der Waals surface area contributed by atoms with Crippen molar-refractivity contribution in [2.45, 2.75) is 0 Å². The van der Waals surface area contributed by atoms with Gasteiger partial charge in [-0.15, -0.1) is 0 Å². The molecular formula is C12H8BrFN2O2. The van der Waals surface area contributed by atoms with Gasteiger partial charge >= 0.3 is 0 Å². The SMILES string of the molecule is O=C(Nc1ccc(O)c(F)c1)c1ccc(Br)nc1. The van der Waals surface area contributed by atoms with Crippen molar-refractivity contribution in [1.29, 1.82) is 0 Å². The quantitative estimate of drug-likeness (QED) is 0.662. The molecule has 0 saturated carbocycles. The fourth-order valence-corrected chi connectivity index (χ4v) is 1.53. The number of benzene rings is 1. The van der Waals surface area contributed by atoms with Gasteiger partial charge in [-0.1, -0.05) is 0 Å². The zero-order chi connectivity index (χ0) is 13.1. The second kappa shape index (κ2) is 5.14. The summed E-state index contributed by atoms with van der Waals surface area (Å²) in [7, 11) is 0.